The van der Waals surface area contributed by atoms with Gasteiger partial charge in [-0.1, -0.05) is 54.9 Å². The molecule has 2 aromatic carbocycles. The number of hydrogen-bond donors (Lipinski definition) is 0. The average Bonchev–Trinajstić information content (AvgIpc) is 3.13. The Balaban J connectivity index is 1.52. The Morgan fingerprint density at radius 2 is 1.88 bits per heavy atom. The molecular formula is C21H24ClNO3. The molecule has 0 N–H and O–H groups in total. The van der Waals surface area contributed by atoms with Crippen LogP contribution < -0.4 is 4.74 Å². The lowest BCUT2D eigenvalue weighted by Crippen LogP contribution is -2.34. The van der Waals surface area contributed by atoms with Crippen molar-refractivity contribution in [2.45, 2.75) is 32.4 Å². The zero-order valence-corrected chi connectivity index (χ0v) is 15.9. The second-order valence-corrected chi connectivity index (χ2v) is 7.20. The second-order valence-electron chi connectivity index (χ2n) is 6.80. The van der Waals surface area contributed by atoms with Crippen molar-refractivity contribution in [3.8, 4) is 5.75 Å². The molecule has 1 heterocycles. The number of esters is 1. The van der Waals surface area contributed by atoms with Gasteiger partial charge in [0.05, 0.1) is 12.0 Å². The summed E-state index contributed by atoms with van der Waals surface area (Å²) in [7, 11) is 0. The van der Waals surface area contributed by atoms with Crippen LogP contribution >= 0.6 is 11.6 Å². The second kappa shape index (κ2) is 8.67. The van der Waals surface area contributed by atoms with Crippen LogP contribution in [-0.2, 0) is 9.53 Å². The highest BCUT2D eigenvalue weighted by Crippen LogP contribution is 2.31. The van der Waals surface area contributed by atoms with Crippen LogP contribution in [0.3, 0.4) is 0 Å². The molecule has 1 fully saturated rings. The van der Waals surface area contributed by atoms with Gasteiger partial charge in [-0.3, -0.25) is 9.69 Å². The van der Waals surface area contributed by atoms with Crippen LogP contribution in [0.2, 0.25) is 5.02 Å². The quantitative estimate of drug-likeness (QED) is 0.544. The Kier molecular flexibility index (Phi) is 6.30. The lowest BCUT2D eigenvalue weighted by atomic mass is 10.0. The molecule has 138 valence electrons. The summed E-state index contributed by atoms with van der Waals surface area (Å²) in [6.45, 7) is 5.33. The number of ether oxygens (including phenoxy) is 2. The third-order valence-electron chi connectivity index (χ3n) is 4.78. The van der Waals surface area contributed by atoms with Crippen molar-refractivity contribution < 1.29 is 14.3 Å². The van der Waals surface area contributed by atoms with Crippen LogP contribution in [0.4, 0.5) is 0 Å². The van der Waals surface area contributed by atoms with Gasteiger partial charge >= 0.3 is 5.97 Å². The van der Waals surface area contributed by atoms with Crippen LogP contribution in [0.15, 0.2) is 54.6 Å². The average molecular weight is 374 g/mol. The number of hydrogen-bond acceptors (Lipinski definition) is 4. The predicted octanol–water partition coefficient (Wildman–Crippen LogP) is 4.69. The number of halogens is 1. The summed E-state index contributed by atoms with van der Waals surface area (Å²) in [6.07, 6.45) is 0.683. The third-order valence-corrected chi connectivity index (χ3v) is 5.12. The fraction of sp³-hybridized carbons (Fsp3) is 0.381. The van der Waals surface area contributed by atoms with E-state index in [2.05, 4.69) is 11.8 Å². The number of benzene rings is 2. The number of nitrogens with zero attached hydrogens (tertiary/aromatic N) is 1. The van der Waals surface area contributed by atoms with E-state index in [0.717, 1.165) is 17.1 Å². The monoisotopic (exact) mass is 373 g/mol. The molecule has 0 bridgehead atoms. The van der Waals surface area contributed by atoms with Crippen molar-refractivity contribution in [1.82, 2.24) is 4.90 Å². The minimum Gasteiger partial charge on any atom is -0.426 e. The normalized spacial score (nSPS) is 19.9. The molecule has 0 aromatic heterocycles. The number of carbonyl (C=O) groups excluding carboxylic acids is 1. The molecule has 0 spiro atoms. The van der Waals surface area contributed by atoms with Gasteiger partial charge < -0.3 is 9.47 Å². The zero-order chi connectivity index (χ0) is 18.5. The molecule has 1 aliphatic heterocycles. The van der Waals surface area contributed by atoms with Crippen molar-refractivity contribution in [3.63, 3.8) is 0 Å². The van der Waals surface area contributed by atoms with Gasteiger partial charge in [0, 0.05) is 23.2 Å². The van der Waals surface area contributed by atoms with Crippen molar-refractivity contribution in [2.75, 3.05) is 13.3 Å². The van der Waals surface area contributed by atoms with Gasteiger partial charge in [-0.25, -0.2) is 0 Å². The van der Waals surface area contributed by atoms with E-state index in [1.807, 2.05) is 49.4 Å². The maximum atomic E-state index is 12.3. The van der Waals surface area contributed by atoms with Crippen LogP contribution in [0.1, 0.15) is 31.9 Å². The molecule has 0 saturated carbocycles. The van der Waals surface area contributed by atoms with E-state index in [1.165, 1.54) is 0 Å². The first-order valence-electron chi connectivity index (χ1n) is 8.91. The topological polar surface area (TPSA) is 38.8 Å². The van der Waals surface area contributed by atoms with Gasteiger partial charge in [0.25, 0.3) is 0 Å². The Hall–Kier alpha value is -1.88. The molecule has 26 heavy (non-hydrogen) atoms. The molecule has 4 nitrogen and oxygen atoms in total. The smallest absolute Gasteiger partial charge is 0.314 e. The molecule has 3 atom stereocenters. The SMILES string of the molecule is CC(CC(C)N1COC(c2ccccc2Cl)C1)C(=O)Oc1ccccc1. The van der Waals surface area contributed by atoms with Gasteiger partial charge in [-0.05, 0) is 31.5 Å². The predicted molar refractivity (Wildman–Crippen MR) is 102 cm³/mol. The van der Waals surface area contributed by atoms with E-state index in [1.54, 1.807) is 12.1 Å². The van der Waals surface area contributed by atoms with Gasteiger partial charge in [-0.15, -0.1) is 0 Å². The van der Waals surface area contributed by atoms with E-state index < -0.39 is 0 Å². The van der Waals surface area contributed by atoms with E-state index in [9.17, 15) is 4.79 Å². The van der Waals surface area contributed by atoms with Crippen molar-refractivity contribution in [1.29, 1.82) is 0 Å². The molecular weight excluding hydrogens is 350 g/mol. The minimum atomic E-state index is -0.203. The van der Waals surface area contributed by atoms with E-state index >= 15 is 0 Å². The van der Waals surface area contributed by atoms with Gasteiger partial charge in [-0.2, -0.15) is 0 Å². The van der Waals surface area contributed by atoms with Crippen molar-refractivity contribution in [3.05, 3.63) is 65.2 Å². The minimum absolute atomic E-state index is 0.0299. The Labute approximate surface area is 159 Å². The number of carbonyl (C=O) groups is 1. The highest BCUT2D eigenvalue weighted by Gasteiger charge is 2.30. The van der Waals surface area contributed by atoms with Crippen LogP contribution in [-0.4, -0.2) is 30.2 Å². The first-order valence-corrected chi connectivity index (χ1v) is 9.29. The highest BCUT2D eigenvalue weighted by molar-refractivity contribution is 6.31. The first-order chi connectivity index (χ1) is 12.5. The molecule has 1 aliphatic rings. The fourth-order valence-corrected chi connectivity index (χ4v) is 3.46. The molecule has 0 amide bonds. The summed E-state index contributed by atoms with van der Waals surface area (Å²) in [5.74, 6) is 0.190. The molecule has 5 heteroatoms. The van der Waals surface area contributed by atoms with Gasteiger partial charge in [0.15, 0.2) is 0 Å². The Morgan fingerprint density at radius 1 is 1.19 bits per heavy atom. The summed E-state index contributed by atoms with van der Waals surface area (Å²) in [5, 5.41) is 0.729. The largest absolute Gasteiger partial charge is 0.426 e. The third kappa shape index (κ3) is 4.64. The fourth-order valence-electron chi connectivity index (χ4n) is 3.20. The number of para-hydroxylation sites is 1. The van der Waals surface area contributed by atoms with Gasteiger partial charge in [0.2, 0.25) is 0 Å². The van der Waals surface area contributed by atoms with E-state index in [4.69, 9.17) is 21.1 Å². The zero-order valence-electron chi connectivity index (χ0n) is 15.1. The van der Waals surface area contributed by atoms with Crippen LogP contribution in [0.25, 0.3) is 0 Å². The Morgan fingerprint density at radius 3 is 2.62 bits per heavy atom. The maximum absolute atomic E-state index is 12.3. The molecule has 2 aromatic rings. The van der Waals surface area contributed by atoms with Crippen LogP contribution in [0, 0.1) is 5.92 Å². The van der Waals surface area contributed by atoms with E-state index in [0.29, 0.717) is 18.9 Å². The number of rotatable bonds is 6. The van der Waals surface area contributed by atoms with Crippen molar-refractivity contribution in [2.24, 2.45) is 5.92 Å². The molecule has 3 rings (SSSR count). The first kappa shape index (κ1) is 18.9. The maximum Gasteiger partial charge on any atom is 0.314 e. The van der Waals surface area contributed by atoms with Gasteiger partial charge in [0.1, 0.15) is 12.5 Å². The lowest BCUT2D eigenvalue weighted by Gasteiger charge is -2.24. The molecule has 0 radical (unpaired) electrons. The summed E-state index contributed by atoms with van der Waals surface area (Å²) < 4.78 is 11.4. The molecule has 0 aliphatic carbocycles. The standard InChI is InChI=1S/C21H24ClNO3/c1-15(21(24)26-17-8-4-3-5-9-17)12-16(2)23-13-20(25-14-23)18-10-6-7-11-19(18)22/h3-11,15-16,20H,12-14H2,1-2H3. The van der Waals surface area contributed by atoms with E-state index in [-0.39, 0.29) is 24.0 Å². The highest BCUT2D eigenvalue weighted by atomic mass is 35.5. The lowest BCUT2D eigenvalue weighted by molar-refractivity contribution is -0.139. The van der Waals surface area contributed by atoms with Crippen LogP contribution in [0.5, 0.6) is 5.75 Å². The summed E-state index contributed by atoms with van der Waals surface area (Å²) in [4.78, 5) is 14.5. The summed E-state index contributed by atoms with van der Waals surface area (Å²) in [6, 6.07) is 17.2. The summed E-state index contributed by atoms with van der Waals surface area (Å²) >= 11 is 6.27. The Bertz CT molecular complexity index is 737. The molecule has 3 unspecified atom stereocenters. The van der Waals surface area contributed by atoms with Crippen molar-refractivity contribution >= 4 is 17.6 Å². The molecule has 1 saturated heterocycles. The summed E-state index contributed by atoms with van der Waals surface area (Å²) in [5.41, 5.74) is 1.01.